The Balaban J connectivity index is 2.70. The van der Waals surface area contributed by atoms with Crippen LogP contribution < -0.4 is 5.32 Å². The van der Waals surface area contributed by atoms with Gasteiger partial charge >= 0.3 is 0 Å². The highest BCUT2D eigenvalue weighted by Crippen LogP contribution is 2.35. The Kier molecular flexibility index (Phi) is 5.26. The Bertz CT molecular complexity index is 201. The molecule has 1 heterocycles. The number of rotatable bonds is 6. The molecule has 0 aliphatic carbocycles. The van der Waals surface area contributed by atoms with Crippen LogP contribution in [0.2, 0.25) is 0 Å². The molecule has 96 valence electrons. The maximum Gasteiger partial charge on any atom is 0.0811 e. The molecule has 16 heavy (non-hydrogen) atoms. The summed E-state index contributed by atoms with van der Waals surface area (Å²) in [6, 6.07) is 0. The highest BCUT2D eigenvalue weighted by molar-refractivity contribution is 4.95. The highest BCUT2D eigenvalue weighted by atomic mass is 16.5. The molecule has 0 aromatic heterocycles. The average Bonchev–Trinajstić information content (AvgIpc) is 2.36. The zero-order chi connectivity index (χ0) is 12.1. The minimum atomic E-state index is 0.0853. The number of hydrogen-bond donors (Lipinski definition) is 1. The van der Waals surface area contributed by atoms with Gasteiger partial charge < -0.3 is 10.1 Å². The predicted molar refractivity (Wildman–Crippen MR) is 69.8 cm³/mol. The van der Waals surface area contributed by atoms with Gasteiger partial charge in [-0.25, -0.2) is 0 Å². The van der Waals surface area contributed by atoms with Gasteiger partial charge in [0.05, 0.1) is 11.2 Å². The van der Waals surface area contributed by atoms with E-state index in [9.17, 15) is 0 Å². The van der Waals surface area contributed by atoms with E-state index in [1.165, 1.54) is 19.3 Å². The Labute approximate surface area is 101 Å². The SMILES string of the molecule is CCCCC1(CC)CNCC(CC)(CC)O1. The molecule has 0 amide bonds. The molecular formula is C14H29NO. The molecule has 0 radical (unpaired) electrons. The zero-order valence-electron chi connectivity index (χ0n) is 11.6. The summed E-state index contributed by atoms with van der Waals surface area (Å²) in [5, 5.41) is 3.60. The normalized spacial score (nSPS) is 29.2. The van der Waals surface area contributed by atoms with E-state index in [1.54, 1.807) is 0 Å². The van der Waals surface area contributed by atoms with Gasteiger partial charge in [0, 0.05) is 13.1 Å². The Morgan fingerprint density at radius 1 is 0.938 bits per heavy atom. The van der Waals surface area contributed by atoms with Gasteiger partial charge in [0.1, 0.15) is 0 Å². The van der Waals surface area contributed by atoms with Gasteiger partial charge in [-0.05, 0) is 25.7 Å². The topological polar surface area (TPSA) is 21.3 Å². The van der Waals surface area contributed by atoms with Crippen LogP contribution in [0.15, 0.2) is 0 Å². The third-order valence-electron chi connectivity index (χ3n) is 4.25. The van der Waals surface area contributed by atoms with Crippen LogP contribution in [-0.4, -0.2) is 24.3 Å². The van der Waals surface area contributed by atoms with E-state index >= 15 is 0 Å². The molecule has 1 fully saturated rings. The summed E-state index contributed by atoms with van der Waals surface area (Å²) in [6.45, 7) is 11.1. The van der Waals surface area contributed by atoms with Crippen molar-refractivity contribution >= 4 is 0 Å². The van der Waals surface area contributed by atoms with Crippen molar-refractivity contribution in [2.24, 2.45) is 0 Å². The molecule has 0 aromatic carbocycles. The summed E-state index contributed by atoms with van der Waals surface area (Å²) < 4.78 is 6.55. The number of unbranched alkanes of at least 4 members (excludes halogenated alkanes) is 1. The van der Waals surface area contributed by atoms with Crippen LogP contribution in [-0.2, 0) is 4.74 Å². The van der Waals surface area contributed by atoms with Crippen molar-refractivity contribution in [2.45, 2.75) is 77.4 Å². The van der Waals surface area contributed by atoms with Crippen molar-refractivity contribution in [2.75, 3.05) is 13.1 Å². The molecule has 1 unspecified atom stereocenters. The van der Waals surface area contributed by atoms with Gasteiger partial charge in [0.25, 0.3) is 0 Å². The predicted octanol–water partition coefficient (Wildman–Crippen LogP) is 3.50. The summed E-state index contributed by atoms with van der Waals surface area (Å²) in [4.78, 5) is 0. The summed E-state index contributed by atoms with van der Waals surface area (Å²) in [7, 11) is 0. The van der Waals surface area contributed by atoms with Gasteiger partial charge in [-0.3, -0.25) is 0 Å². The highest BCUT2D eigenvalue weighted by Gasteiger charge is 2.42. The second kappa shape index (κ2) is 6.02. The molecule has 1 aliphatic heterocycles. The van der Waals surface area contributed by atoms with Crippen molar-refractivity contribution in [3.05, 3.63) is 0 Å². The third-order valence-corrected chi connectivity index (χ3v) is 4.25. The fourth-order valence-electron chi connectivity index (χ4n) is 2.71. The Morgan fingerprint density at radius 2 is 1.50 bits per heavy atom. The second-order valence-corrected chi connectivity index (χ2v) is 5.24. The number of morpholine rings is 1. The molecule has 1 aliphatic rings. The minimum Gasteiger partial charge on any atom is -0.366 e. The van der Waals surface area contributed by atoms with Crippen LogP contribution in [0.5, 0.6) is 0 Å². The van der Waals surface area contributed by atoms with E-state index in [-0.39, 0.29) is 11.2 Å². The van der Waals surface area contributed by atoms with Crippen molar-refractivity contribution in [3.63, 3.8) is 0 Å². The fraction of sp³-hybridized carbons (Fsp3) is 1.00. The smallest absolute Gasteiger partial charge is 0.0811 e. The third kappa shape index (κ3) is 2.98. The van der Waals surface area contributed by atoms with E-state index < -0.39 is 0 Å². The van der Waals surface area contributed by atoms with Crippen LogP contribution >= 0.6 is 0 Å². The molecule has 0 saturated carbocycles. The lowest BCUT2D eigenvalue weighted by atomic mass is 9.86. The van der Waals surface area contributed by atoms with Crippen molar-refractivity contribution in [1.82, 2.24) is 5.32 Å². The number of nitrogens with one attached hydrogen (secondary N) is 1. The molecule has 2 heteroatoms. The van der Waals surface area contributed by atoms with E-state index in [2.05, 4.69) is 33.0 Å². The zero-order valence-corrected chi connectivity index (χ0v) is 11.6. The van der Waals surface area contributed by atoms with Crippen LogP contribution in [0, 0.1) is 0 Å². The molecule has 2 nitrogen and oxygen atoms in total. The Hall–Kier alpha value is -0.0800. The molecule has 0 aromatic rings. The van der Waals surface area contributed by atoms with Gasteiger partial charge in [-0.2, -0.15) is 0 Å². The van der Waals surface area contributed by atoms with Crippen LogP contribution in [0.1, 0.15) is 66.2 Å². The monoisotopic (exact) mass is 227 g/mol. The first-order chi connectivity index (χ1) is 7.66. The molecule has 0 bridgehead atoms. The van der Waals surface area contributed by atoms with Crippen molar-refractivity contribution in [3.8, 4) is 0 Å². The average molecular weight is 227 g/mol. The lowest BCUT2D eigenvalue weighted by Gasteiger charge is -2.48. The summed E-state index contributed by atoms with van der Waals surface area (Å²) >= 11 is 0. The van der Waals surface area contributed by atoms with Gasteiger partial charge in [-0.15, -0.1) is 0 Å². The van der Waals surface area contributed by atoms with Gasteiger partial charge in [-0.1, -0.05) is 40.5 Å². The lowest BCUT2D eigenvalue weighted by molar-refractivity contribution is -0.186. The van der Waals surface area contributed by atoms with Gasteiger partial charge in [0.15, 0.2) is 0 Å². The maximum absolute atomic E-state index is 6.55. The Morgan fingerprint density at radius 3 is 2.00 bits per heavy atom. The largest absolute Gasteiger partial charge is 0.366 e. The first-order valence-corrected chi connectivity index (χ1v) is 7.07. The molecule has 1 atom stereocenters. The van der Waals surface area contributed by atoms with Crippen molar-refractivity contribution in [1.29, 1.82) is 0 Å². The van der Waals surface area contributed by atoms with E-state index in [1.807, 2.05) is 0 Å². The summed E-state index contributed by atoms with van der Waals surface area (Å²) in [6.07, 6.45) is 7.10. The molecule has 0 spiro atoms. The summed E-state index contributed by atoms with van der Waals surface area (Å²) in [5.41, 5.74) is 0.183. The number of ether oxygens (including phenoxy) is 1. The van der Waals surface area contributed by atoms with E-state index in [4.69, 9.17) is 4.74 Å². The molecule has 1 saturated heterocycles. The van der Waals surface area contributed by atoms with Crippen LogP contribution in [0.3, 0.4) is 0 Å². The molecule has 1 N–H and O–H groups in total. The second-order valence-electron chi connectivity index (χ2n) is 5.24. The van der Waals surface area contributed by atoms with Crippen molar-refractivity contribution < 1.29 is 4.74 Å². The maximum atomic E-state index is 6.55. The van der Waals surface area contributed by atoms with E-state index in [0.717, 1.165) is 32.4 Å². The van der Waals surface area contributed by atoms with E-state index in [0.29, 0.717) is 0 Å². The lowest BCUT2D eigenvalue weighted by Crippen LogP contribution is -2.59. The first-order valence-electron chi connectivity index (χ1n) is 7.07. The first kappa shape index (κ1) is 14.0. The minimum absolute atomic E-state index is 0.0853. The standard InChI is InChI=1S/C14H29NO/c1-5-9-10-14(8-4)12-15-11-13(6-2,7-3)16-14/h15H,5-12H2,1-4H3. The molecule has 1 rings (SSSR count). The quantitative estimate of drug-likeness (QED) is 0.750. The fourth-order valence-corrected chi connectivity index (χ4v) is 2.71. The van der Waals surface area contributed by atoms with Crippen LogP contribution in [0.25, 0.3) is 0 Å². The summed E-state index contributed by atoms with van der Waals surface area (Å²) in [5.74, 6) is 0. The molecular weight excluding hydrogens is 198 g/mol. The van der Waals surface area contributed by atoms with Crippen LogP contribution in [0.4, 0.5) is 0 Å². The van der Waals surface area contributed by atoms with Gasteiger partial charge in [0.2, 0.25) is 0 Å². The number of hydrogen-bond acceptors (Lipinski definition) is 2.